The average Bonchev–Trinajstić information content (AvgIpc) is 3.36. The fourth-order valence-electron chi connectivity index (χ4n) is 3.76. The molecule has 0 saturated carbocycles. The molecule has 0 aliphatic carbocycles. The Hall–Kier alpha value is -3.30. The number of nitrogens with one attached hydrogen (secondary N) is 1. The number of rotatable bonds is 4. The summed E-state index contributed by atoms with van der Waals surface area (Å²) in [6.07, 6.45) is 0. The number of thiophene rings is 1. The molecule has 1 N–H and O–H groups in total. The summed E-state index contributed by atoms with van der Waals surface area (Å²) in [6.45, 7) is 7.89. The Labute approximate surface area is 189 Å². The van der Waals surface area contributed by atoms with E-state index < -0.39 is 9.84 Å². The first-order valence-corrected chi connectivity index (χ1v) is 12.4. The second-order valence-electron chi connectivity index (χ2n) is 7.98. The maximum Gasteiger partial charge on any atom is 0.229 e. The maximum absolute atomic E-state index is 13.4. The van der Waals surface area contributed by atoms with Crippen molar-refractivity contribution in [1.29, 1.82) is 0 Å². The van der Waals surface area contributed by atoms with Crippen LogP contribution in [0.2, 0.25) is 0 Å². The highest BCUT2D eigenvalue weighted by Gasteiger charge is 2.27. The van der Waals surface area contributed by atoms with Crippen LogP contribution in [0.5, 0.6) is 0 Å². The van der Waals surface area contributed by atoms with Gasteiger partial charge in [-0.3, -0.25) is 0 Å². The van der Waals surface area contributed by atoms with Crippen LogP contribution in [0, 0.1) is 27.7 Å². The van der Waals surface area contributed by atoms with Gasteiger partial charge in [0.25, 0.3) is 0 Å². The van der Waals surface area contributed by atoms with Crippen molar-refractivity contribution in [2.24, 2.45) is 0 Å². The SMILES string of the molecule is Cc1cc(C)cc(Nc2nc3c(S(=O)(=O)c4ccc(C)c(C)c4)nnn3c3ccsc23)c1. The first-order chi connectivity index (χ1) is 15.2. The van der Waals surface area contributed by atoms with Gasteiger partial charge < -0.3 is 5.32 Å². The van der Waals surface area contributed by atoms with Gasteiger partial charge >= 0.3 is 0 Å². The highest BCUT2D eigenvalue weighted by Crippen LogP contribution is 2.33. The Morgan fingerprint density at radius 1 is 0.938 bits per heavy atom. The average molecular weight is 464 g/mol. The molecule has 32 heavy (non-hydrogen) atoms. The number of nitrogens with zero attached hydrogens (tertiary/aromatic N) is 4. The smallest absolute Gasteiger partial charge is 0.229 e. The molecule has 2 aromatic carbocycles. The van der Waals surface area contributed by atoms with Crippen LogP contribution < -0.4 is 5.32 Å². The molecule has 0 aliphatic heterocycles. The summed E-state index contributed by atoms with van der Waals surface area (Å²) in [6, 6.07) is 13.1. The normalized spacial score (nSPS) is 12.0. The lowest BCUT2D eigenvalue weighted by molar-refractivity contribution is 0.592. The Morgan fingerprint density at radius 2 is 1.69 bits per heavy atom. The van der Waals surface area contributed by atoms with Crippen LogP contribution in [0.3, 0.4) is 0 Å². The van der Waals surface area contributed by atoms with Crippen molar-refractivity contribution in [3.05, 3.63) is 70.1 Å². The van der Waals surface area contributed by atoms with Crippen molar-refractivity contribution in [2.45, 2.75) is 37.6 Å². The third-order valence-electron chi connectivity index (χ3n) is 5.45. The Bertz CT molecular complexity index is 1600. The van der Waals surface area contributed by atoms with Gasteiger partial charge in [-0.15, -0.1) is 16.4 Å². The molecule has 0 unspecified atom stereocenters. The molecular formula is C23H21N5O2S2. The number of hydrogen-bond donors (Lipinski definition) is 1. The highest BCUT2D eigenvalue weighted by atomic mass is 32.2. The van der Waals surface area contributed by atoms with Crippen LogP contribution in [-0.4, -0.2) is 28.2 Å². The Kier molecular flexibility index (Phi) is 4.75. The minimum atomic E-state index is -3.90. The van der Waals surface area contributed by atoms with Crippen LogP contribution in [0.1, 0.15) is 22.3 Å². The number of aryl methyl sites for hydroxylation is 4. The van der Waals surface area contributed by atoms with Crippen LogP contribution in [0.15, 0.2) is 57.8 Å². The Morgan fingerprint density at radius 3 is 2.41 bits per heavy atom. The number of fused-ring (bicyclic) bond motifs is 3. The summed E-state index contributed by atoms with van der Waals surface area (Å²) >= 11 is 1.51. The van der Waals surface area contributed by atoms with Crippen LogP contribution >= 0.6 is 11.3 Å². The predicted molar refractivity (Wildman–Crippen MR) is 127 cm³/mol. The first kappa shape index (κ1) is 20.6. The van der Waals surface area contributed by atoms with E-state index in [-0.39, 0.29) is 15.6 Å². The topological polar surface area (TPSA) is 89.2 Å². The van der Waals surface area contributed by atoms with E-state index >= 15 is 0 Å². The van der Waals surface area contributed by atoms with Gasteiger partial charge in [0.2, 0.25) is 14.9 Å². The monoisotopic (exact) mass is 463 g/mol. The quantitative estimate of drug-likeness (QED) is 0.397. The van der Waals surface area contributed by atoms with Gasteiger partial charge in [0, 0.05) is 5.69 Å². The largest absolute Gasteiger partial charge is 0.339 e. The summed E-state index contributed by atoms with van der Waals surface area (Å²) in [5, 5.41) is 13.3. The van der Waals surface area contributed by atoms with Crippen LogP contribution in [-0.2, 0) is 9.84 Å². The number of aromatic nitrogens is 4. The van der Waals surface area contributed by atoms with Crippen LogP contribution in [0.4, 0.5) is 11.5 Å². The molecule has 0 atom stereocenters. The van der Waals surface area contributed by atoms with Gasteiger partial charge in [0.15, 0.2) is 11.5 Å². The lowest BCUT2D eigenvalue weighted by Gasteiger charge is -2.10. The van der Waals surface area contributed by atoms with Crippen molar-refractivity contribution in [3.63, 3.8) is 0 Å². The van der Waals surface area contributed by atoms with E-state index in [0.29, 0.717) is 5.82 Å². The highest BCUT2D eigenvalue weighted by molar-refractivity contribution is 7.91. The molecule has 162 valence electrons. The summed E-state index contributed by atoms with van der Waals surface area (Å²) in [4.78, 5) is 4.86. The van der Waals surface area contributed by atoms with E-state index in [4.69, 9.17) is 0 Å². The van der Waals surface area contributed by atoms with Gasteiger partial charge in [0.05, 0.1) is 15.1 Å². The third kappa shape index (κ3) is 3.34. The van der Waals surface area contributed by atoms with E-state index in [1.54, 1.807) is 18.2 Å². The lowest BCUT2D eigenvalue weighted by Crippen LogP contribution is -2.06. The van der Waals surface area contributed by atoms with Crippen LogP contribution in [0.25, 0.3) is 15.9 Å². The summed E-state index contributed by atoms with van der Waals surface area (Å²) < 4.78 is 29.2. The van der Waals surface area contributed by atoms with E-state index in [0.717, 1.165) is 38.2 Å². The Balaban J connectivity index is 1.71. The minimum Gasteiger partial charge on any atom is -0.339 e. The van der Waals surface area contributed by atoms with Crippen molar-refractivity contribution in [1.82, 2.24) is 19.8 Å². The zero-order valence-corrected chi connectivity index (χ0v) is 19.7. The zero-order chi connectivity index (χ0) is 22.6. The molecule has 3 aromatic heterocycles. The first-order valence-electron chi connectivity index (χ1n) is 10.0. The van der Waals surface area contributed by atoms with Crippen molar-refractivity contribution in [3.8, 4) is 0 Å². The molecule has 0 aliphatic rings. The fourth-order valence-corrected chi connectivity index (χ4v) is 5.89. The van der Waals surface area contributed by atoms with Crippen molar-refractivity contribution >= 4 is 48.5 Å². The molecule has 0 saturated heterocycles. The summed E-state index contributed by atoms with van der Waals surface area (Å²) in [5.41, 5.74) is 6.00. The van der Waals surface area contributed by atoms with Crippen molar-refractivity contribution < 1.29 is 8.42 Å². The molecule has 7 nitrogen and oxygen atoms in total. The fraction of sp³-hybridized carbons (Fsp3) is 0.174. The van der Waals surface area contributed by atoms with Crippen molar-refractivity contribution in [2.75, 3.05) is 5.32 Å². The number of benzene rings is 2. The van der Waals surface area contributed by atoms with Gasteiger partial charge in [-0.05, 0) is 85.7 Å². The van der Waals surface area contributed by atoms with Gasteiger partial charge in [-0.25, -0.2) is 13.4 Å². The molecule has 5 aromatic rings. The molecular weight excluding hydrogens is 442 g/mol. The second kappa shape index (κ2) is 7.39. The minimum absolute atomic E-state index is 0.155. The summed E-state index contributed by atoms with van der Waals surface area (Å²) in [5.74, 6) is 0.575. The number of hydrogen-bond acceptors (Lipinski definition) is 7. The molecule has 0 spiro atoms. The number of anilines is 2. The molecule has 3 heterocycles. The molecule has 9 heteroatoms. The molecule has 0 radical (unpaired) electrons. The van der Waals surface area contributed by atoms with E-state index in [1.165, 1.54) is 15.9 Å². The van der Waals surface area contributed by atoms with E-state index in [9.17, 15) is 8.42 Å². The summed E-state index contributed by atoms with van der Waals surface area (Å²) in [7, 11) is -3.90. The van der Waals surface area contributed by atoms with E-state index in [2.05, 4.69) is 26.7 Å². The molecule has 0 amide bonds. The molecule has 0 bridgehead atoms. The standard InChI is InChI=1S/C23H21N5O2S2/c1-13-9-14(2)11-17(10-13)24-21-20-19(7-8-31-20)28-22(25-21)23(26-27-28)32(29,30)18-6-5-15(3)16(4)12-18/h5-12H,1-4H3,(H,24,25). The lowest BCUT2D eigenvalue weighted by atomic mass is 10.1. The van der Waals surface area contributed by atoms with Gasteiger partial charge in [0.1, 0.15) is 0 Å². The molecule has 5 rings (SSSR count). The van der Waals surface area contributed by atoms with Gasteiger partial charge in [-0.1, -0.05) is 17.3 Å². The maximum atomic E-state index is 13.4. The van der Waals surface area contributed by atoms with E-state index in [1.807, 2.05) is 51.3 Å². The zero-order valence-electron chi connectivity index (χ0n) is 18.0. The number of sulfone groups is 1. The predicted octanol–water partition coefficient (Wildman–Crippen LogP) is 5.15. The second-order valence-corrected chi connectivity index (χ2v) is 10.8. The third-order valence-corrected chi connectivity index (χ3v) is 8.01. The molecule has 0 fully saturated rings. The van der Waals surface area contributed by atoms with Gasteiger partial charge in [-0.2, -0.15) is 4.52 Å².